The first-order chi connectivity index (χ1) is 18.8. The smallest absolute Gasteiger partial charge is 0.150 e. The molecule has 0 bridgehead atoms. The van der Waals surface area contributed by atoms with Crippen LogP contribution in [-0.4, -0.2) is 0 Å². The fraction of sp³-hybridized carbons (Fsp3) is 0. The Kier molecular flexibility index (Phi) is 6.69. The number of rotatable bonds is 7. The lowest BCUT2D eigenvalue weighted by atomic mass is 9.93. The molecule has 0 amide bonds. The Labute approximate surface area is 223 Å². The standard InChI is InChI=1S/C36H27NO/c1-4-12-27(13-5-1)30-24-31(28-14-6-2-7-15-28)26-32(25-30)29-20-22-33(23-21-29)37-35-18-10-11-19-36(35)38-34-16-8-3-9-17-34/h1-26,37H. The summed E-state index contributed by atoms with van der Waals surface area (Å²) in [6.07, 6.45) is 0. The highest BCUT2D eigenvalue weighted by atomic mass is 16.5. The van der Waals surface area contributed by atoms with Gasteiger partial charge in [0.05, 0.1) is 5.69 Å². The first-order valence-corrected chi connectivity index (χ1v) is 12.8. The molecule has 0 fully saturated rings. The van der Waals surface area contributed by atoms with Crippen molar-refractivity contribution < 1.29 is 4.74 Å². The van der Waals surface area contributed by atoms with Crippen molar-refractivity contribution in [1.82, 2.24) is 0 Å². The van der Waals surface area contributed by atoms with Gasteiger partial charge in [-0.25, -0.2) is 0 Å². The van der Waals surface area contributed by atoms with Gasteiger partial charge in [0.15, 0.2) is 5.75 Å². The molecule has 2 nitrogen and oxygen atoms in total. The van der Waals surface area contributed by atoms with Crippen LogP contribution in [0.2, 0.25) is 0 Å². The average Bonchev–Trinajstić information content (AvgIpc) is 3.00. The van der Waals surface area contributed by atoms with Crippen molar-refractivity contribution in [3.8, 4) is 44.9 Å². The van der Waals surface area contributed by atoms with E-state index >= 15 is 0 Å². The number of nitrogens with one attached hydrogen (secondary N) is 1. The number of hydrogen-bond acceptors (Lipinski definition) is 2. The van der Waals surface area contributed by atoms with Crippen LogP contribution in [0.25, 0.3) is 33.4 Å². The second kappa shape index (κ2) is 10.9. The number of anilines is 2. The molecule has 0 aliphatic carbocycles. The molecule has 2 heteroatoms. The molecule has 0 spiro atoms. The third kappa shape index (κ3) is 5.35. The van der Waals surface area contributed by atoms with Crippen LogP contribution in [0, 0.1) is 0 Å². The zero-order valence-corrected chi connectivity index (χ0v) is 20.9. The van der Waals surface area contributed by atoms with E-state index in [2.05, 4.69) is 108 Å². The summed E-state index contributed by atoms with van der Waals surface area (Å²) in [6.45, 7) is 0. The first-order valence-electron chi connectivity index (χ1n) is 12.8. The Bertz CT molecular complexity index is 1570. The maximum absolute atomic E-state index is 6.12. The van der Waals surface area contributed by atoms with Gasteiger partial charge in [-0.05, 0) is 88.0 Å². The Morgan fingerprint density at radius 1 is 0.368 bits per heavy atom. The Balaban J connectivity index is 1.30. The molecule has 6 aromatic rings. The first kappa shape index (κ1) is 23.3. The third-order valence-corrected chi connectivity index (χ3v) is 6.50. The van der Waals surface area contributed by atoms with Crippen LogP contribution in [0.4, 0.5) is 11.4 Å². The van der Waals surface area contributed by atoms with E-state index in [1.54, 1.807) is 0 Å². The Hall–Kier alpha value is -5.08. The van der Waals surface area contributed by atoms with Crippen molar-refractivity contribution in [2.75, 3.05) is 5.32 Å². The SMILES string of the molecule is c1ccc(Oc2ccccc2Nc2ccc(-c3cc(-c4ccccc4)cc(-c4ccccc4)c3)cc2)cc1. The molecule has 0 saturated carbocycles. The fourth-order valence-corrected chi connectivity index (χ4v) is 4.56. The molecular formula is C36H27NO. The number of benzene rings is 6. The summed E-state index contributed by atoms with van der Waals surface area (Å²) in [5.41, 5.74) is 9.10. The minimum atomic E-state index is 0.783. The molecule has 1 N–H and O–H groups in total. The van der Waals surface area contributed by atoms with Gasteiger partial charge in [-0.2, -0.15) is 0 Å². The van der Waals surface area contributed by atoms with Crippen LogP contribution in [-0.2, 0) is 0 Å². The zero-order chi connectivity index (χ0) is 25.6. The Morgan fingerprint density at radius 3 is 1.37 bits per heavy atom. The Morgan fingerprint density at radius 2 is 0.816 bits per heavy atom. The van der Waals surface area contributed by atoms with Crippen molar-refractivity contribution in [1.29, 1.82) is 0 Å². The van der Waals surface area contributed by atoms with Crippen molar-refractivity contribution in [3.63, 3.8) is 0 Å². The number of ether oxygens (including phenoxy) is 1. The molecule has 0 unspecified atom stereocenters. The van der Waals surface area contributed by atoms with E-state index in [0.717, 1.165) is 22.9 Å². The fourth-order valence-electron chi connectivity index (χ4n) is 4.56. The molecule has 0 aliphatic heterocycles. The van der Waals surface area contributed by atoms with Gasteiger partial charge < -0.3 is 10.1 Å². The molecule has 6 aromatic carbocycles. The molecule has 0 radical (unpaired) electrons. The highest BCUT2D eigenvalue weighted by Gasteiger charge is 2.09. The average molecular weight is 490 g/mol. The summed E-state index contributed by atoms with van der Waals surface area (Å²) >= 11 is 0. The predicted molar refractivity (Wildman–Crippen MR) is 159 cm³/mol. The summed E-state index contributed by atoms with van der Waals surface area (Å²) < 4.78 is 6.12. The van der Waals surface area contributed by atoms with E-state index in [4.69, 9.17) is 4.74 Å². The summed E-state index contributed by atoms with van der Waals surface area (Å²) in [6, 6.07) is 54.3. The van der Waals surface area contributed by atoms with Crippen LogP contribution in [0.3, 0.4) is 0 Å². The molecule has 38 heavy (non-hydrogen) atoms. The van der Waals surface area contributed by atoms with E-state index in [0.29, 0.717) is 0 Å². The summed E-state index contributed by atoms with van der Waals surface area (Å²) in [5, 5.41) is 3.52. The zero-order valence-electron chi connectivity index (χ0n) is 20.9. The van der Waals surface area contributed by atoms with Gasteiger partial charge in [0, 0.05) is 5.69 Å². The predicted octanol–water partition coefficient (Wildman–Crippen LogP) is 10.2. The lowest BCUT2D eigenvalue weighted by molar-refractivity contribution is 0.485. The van der Waals surface area contributed by atoms with Gasteiger partial charge in [-0.1, -0.05) is 103 Å². The summed E-state index contributed by atoms with van der Waals surface area (Å²) in [7, 11) is 0. The van der Waals surface area contributed by atoms with E-state index in [1.165, 1.54) is 33.4 Å². The topological polar surface area (TPSA) is 21.3 Å². The third-order valence-electron chi connectivity index (χ3n) is 6.50. The largest absolute Gasteiger partial charge is 0.455 e. The van der Waals surface area contributed by atoms with Gasteiger partial charge in [0.2, 0.25) is 0 Å². The van der Waals surface area contributed by atoms with Crippen LogP contribution in [0.5, 0.6) is 11.5 Å². The van der Waals surface area contributed by atoms with Crippen molar-refractivity contribution in [2.24, 2.45) is 0 Å². The van der Waals surface area contributed by atoms with Crippen LogP contribution >= 0.6 is 0 Å². The highest BCUT2D eigenvalue weighted by molar-refractivity contribution is 5.82. The monoisotopic (exact) mass is 489 g/mol. The molecule has 0 aromatic heterocycles. The van der Waals surface area contributed by atoms with E-state index in [-0.39, 0.29) is 0 Å². The van der Waals surface area contributed by atoms with Crippen molar-refractivity contribution in [2.45, 2.75) is 0 Å². The molecular weight excluding hydrogens is 462 g/mol. The van der Waals surface area contributed by atoms with Crippen LogP contribution in [0.15, 0.2) is 158 Å². The molecule has 0 aliphatic rings. The normalized spacial score (nSPS) is 10.6. The second-order valence-corrected chi connectivity index (χ2v) is 9.14. The molecule has 0 saturated heterocycles. The number of hydrogen-bond donors (Lipinski definition) is 1. The lowest BCUT2D eigenvalue weighted by Crippen LogP contribution is -1.94. The molecule has 0 atom stereocenters. The number of para-hydroxylation sites is 3. The van der Waals surface area contributed by atoms with Crippen LogP contribution < -0.4 is 10.1 Å². The van der Waals surface area contributed by atoms with Crippen molar-refractivity contribution in [3.05, 3.63) is 158 Å². The van der Waals surface area contributed by atoms with Gasteiger partial charge >= 0.3 is 0 Å². The quantitative estimate of drug-likeness (QED) is 0.241. The second-order valence-electron chi connectivity index (χ2n) is 9.14. The highest BCUT2D eigenvalue weighted by Crippen LogP contribution is 2.35. The molecule has 0 heterocycles. The van der Waals surface area contributed by atoms with E-state index in [1.807, 2.05) is 54.6 Å². The van der Waals surface area contributed by atoms with E-state index in [9.17, 15) is 0 Å². The maximum atomic E-state index is 6.12. The summed E-state index contributed by atoms with van der Waals surface area (Å²) in [5.74, 6) is 1.59. The van der Waals surface area contributed by atoms with Gasteiger partial charge in [-0.3, -0.25) is 0 Å². The van der Waals surface area contributed by atoms with Crippen molar-refractivity contribution >= 4 is 11.4 Å². The van der Waals surface area contributed by atoms with Crippen LogP contribution in [0.1, 0.15) is 0 Å². The van der Waals surface area contributed by atoms with Gasteiger partial charge in [0.25, 0.3) is 0 Å². The molecule has 182 valence electrons. The maximum Gasteiger partial charge on any atom is 0.150 e. The van der Waals surface area contributed by atoms with Gasteiger partial charge in [0.1, 0.15) is 5.75 Å². The minimum absolute atomic E-state index is 0.783. The van der Waals surface area contributed by atoms with E-state index < -0.39 is 0 Å². The lowest BCUT2D eigenvalue weighted by Gasteiger charge is -2.14. The molecule has 6 rings (SSSR count). The summed E-state index contributed by atoms with van der Waals surface area (Å²) in [4.78, 5) is 0. The van der Waals surface area contributed by atoms with Gasteiger partial charge in [-0.15, -0.1) is 0 Å². The minimum Gasteiger partial charge on any atom is -0.455 e.